The Morgan fingerprint density at radius 2 is 1.81 bits per heavy atom. The summed E-state index contributed by atoms with van der Waals surface area (Å²) in [6.45, 7) is 0.180. The van der Waals surface area contributed by atoms with E-state index in [-0.39, 0.29) is 24.7 Å². The maximum atomic E-state index is 14.0. The van der Waals surface area contributed by atoms with E-state index in [1.165, 1.54) is 0 Å². The smallest absolute Gasteiger partial charge is 0.223 e. The number of para-hydroxylation sites is 2. The number of anilines is 1. The summed E-state index contributed by atoms with van der Waals surface area (Å²) >= 11 is 0. The molecule has 0 bridgehead atoms. The summed E-state index contributed by atoms with van der Waals surface area (Å²) in [5, 5.41) is 6.01. The summed E-state index contributed by atoms with van der Waals surface area (Å²) in [6.07, 6.45) is 0.0280. The SMILES string of the molecule is CNC1=C(c2nc3ccccc3[nH]2)C(=O)C2(CNC(=O)C2)N1c1cc(OC)cc(OC)c1. The summed E-state index contributed by atoms with van der Waals surface area (Å²) in [5.41, 5.74) is 1.54. The Labute approximate surface area is 184 Å². The van der Waals surface area contributed by atoms with Crippen molar-refractivity contribution in [3.63, 3.8) is 0 Å². The minimum atomic E-state index is -1.12. The van der Waals surface area contributed by atoms with Gasteiger partial charge in [0.05, 0.1) is 37.4 Å². The summed E-state index contributed by atoms with van der Waals surface area (Å²) in [5.74, 6) is 1.80. The van der Waals surface area contributed by atoms with E-state index >= 15 is 0 Å². The summed E-state index contributed by atoms with van der Waals surface area (Å²) in [4.78, 5) is 36.1. The Balaban J connectivity index is 1.75. The number of rotatable bonds is 5. The molecule has 1 spiro atoms. The third kappa shape index (κ3) is 2.81. The lowest BCUT2D eigenvalue weighted by atomic mass is 9.90. The molecule has 1 fully saturated rings. The van der Waals surface area contributed by atoms with Gasteiger partial charge in [-0.25, -0.2) is 4.98 Å². The van der Waals surface area contributed by atoms with E-state index in [1.54, 1.807) is 27.3 Å². The van der Waals surface area contributed by atoms with Crippen LogP contribution in [0.15, 0.2) is 48.3 Å². The third-order valence-electron chi connectivity index (χ3n) is 6.03. The van der Waals surface area contributed by atoms with Crippen molar-refractivity contribution in [3.05, 3.63) is 54.1 Å². The van der Waals surface area contributed by atoms with E-state index in [0.29, 0.717) is 34.4 Å². The number of aromatic amines is 1. The van der Waals surface area contributed by atoms with Crippen molar-refractivity contribution < 1.29 is 19.1 Å². The van der Waals surface area contributed by atoms with Crippen molar-refractivity contribution in [2.45, 2.75) is 12.0 Å². The van der Waals surface area contributed by atoms with Gasteiger partial charge in [0.15, 0.2) is 5.78 Å². The number of imidazole rings is 1. The van der Waals surface area contributed by atoms with Gasteiger partial charge in [-0.2, -0.15) is 0 Å². The number of fused-ring (bicyclic) bond motifs is 1. The molecule has 1 amide bonds. The standard InChI is InChI=1S/C23H23N5O4/c1-24-22-19(21-26-16-6-4-5-7-17(16)27-21)20(30)23(11-18(29)25-12-23)28(22)13-8-14(31-2)10-15(9-13)32-3/h4-10,24H,11-12H2,1-3H3,(H,25,29)(H,26,27). The lowest BCUT2D eigenvalue weighted by molar-refractivity contribution is -0.122. The molecule has 32 heavy (non-hydrogen) atoms. The monoisotopic (exact) mass is 433 g/mol. The Bertz CT molecular complexity index is 1230. The molecule has 1 aromatic heterocycles. The number of hydrogen-bond acceptors (Lipinski definition) is 7. The molecule has 3 heterocycles. The fraction of sp³-hybridized carbons (Fsp3) is 0.261. The molecule has 1 unspecified atom stereocenters. The van der Waals surface area contributed by atoms with Crippen LogP contribution in [0.1, 0.15) is 12.2 Å². The van der Waals surface area contributed by atoms with Crippen LogP contribution in [0.25, 0.3) is 16.6 Å². The number of benzene rings is 2. The van der Waals surface area contributed by atoms with Crippen LogP contribution in [-0.2, 0) is 9.59 Å². The predicted octanol–water partition coefficient (Wildman–Crippen LogP) is 1.82. The first-order valence-electron chi connectivity index (χ1n) is 10.2. The first kappa shape index (κ1) is 19.9. The molecular weight excluding hydrogens is 410 g/mol. The Morgan fingerprint density at radius 1 is 1.09 bits per heavy atom. The molecule has 0 aliphatic carbocycles. The van der Waals surface area contributed by atoms with Crippen molar-refractivity contribution in [1.29, 1.82) is 0 Å². The minimum absolute atomic E-state index is 0.0280. The van der Waals surface area contributed by atoms with Gasteiger partial charge >= 0.3 is 0 Å². The van der Waals surface area contributed by atoms with Crippen molar-refractivity contribution in [3.8, 4) is 11.5 Å². The highest BCUT2D eigenvalue weighted by molar-refractivity contribution is 6.31. The fourth-order valence-corrected chi connectivity index (χ4v) is 4.55. The maximum absolute atomic E-state index is 14.0. The number of hydrogen-bond donors (Lipinski definition) is 3. The summed E-state index contributed by atoms with van der Waals surface area (Å²) in [6, 6.07) is 13.0. The second kappa shape index (κ2) is 7.30. The number of nitrogens with zero attached hydrogens (tertiary/aromatic N) is 2. The van der Waals surface area contributed by atoms with Crippen LogP contribution in [-0.4, -0.2) is 55.0 Å². The van der Waals surface area contributed by atoms with Crippen molar-refractivity contribution in [2.75, 3.05) is 32.7 Å². The Kier molecular flexibility index (Phi) is 4.54. The number of H-pyrrole nitrogens is 1. The molecule has 0 saturated carbocycles. The second-order valence-electron chi connectivity index (χ2n) is 7.80. The number of methoxy groups -OCH3 is 2. The zero-order valence-electron chi connectivity index (χ0n) is 18.0. The number of carbonyl (C=O) groups is 2. The fourth-order valence-electron chi connectivity index (χ4n) is 4.55. The molecule has 2 aliphatic rings. The van der Waals surface area contributed by atoms with E-state index in [2.05, 4.69) is 20.6 Å². The second-order valence-corrected chi connectivity index (χ2v) is 7.80. The Hall–Kier alpha value is -4.01. The van der Waals surface area contributed by atoms with Gasteiger partial charge in [-0.1, -0.05) is 12.1 Å². The van der Waals surface area contributed by atoms with Crippen LogP contribution in [0.2, 0.25) is 0 Å². The molecule has 1 atom stereocenters. The highest BCUT2D eigenvalue weighted by atomic mass is 16.5. The molecule has 9 heteroatoms. The van der Waals surface area contributed by atoms with Gasteiger partial charge in [-0.15, -0.1) is 0 Å². The number of carbonyl (C=O) groups excluding carboxylic acids is 2. The molecule has 0 radical (unpaired) electrons. The minimum Gasteiger partial charge on any atom is -0.497 e. The van der Waals surface area contributed by atoms with Crippen molar-refractivity contribution >= 4 is 34.0 Å². The van der Waals surface area contributed by atoms with Crippen LogP contribution in [0.4, 0.5) is 5.69 Å². The van der Waals surface area contributed by atoms with Gasteiger partial charge in [0.2, 0.25) is 5.91 Å². The van der Waals surface area contributed by atoms with Gasteiger partial charge < -0.3 is 30.0 Å². The number of amides is 1. The average Bonchev–Trinajstić information content (AvgIpc) is 3.47. The van der Waals surface area contributed by atoms with Crippen LogP contribution in [0.5, 0.6) is 11.5 Å². The molecule has 3 N–H and O–H groups in total. The van der Waals surface area contributed by atoms with Crippen LogP contribution in [0.3, 0.4) is 0 Å². The molecule has 3 aromatic rings. The zero-order valence-corrected chi connectivity index (χ0v) is 18.0. The highest BCUT2D eigenvalue weighted by Crippen LogP contribution is 2.45. The van der Waals surface area contributed by atoms with Gasteiger partial charge in [0, 0.05) is 31.8 Å². The molecule has 9 nitrogen and oxygen atoms in total. The maximum Gasteiger partial charge on any atom is 0.223 e. The molecule has 1 saturated heterocycles. The Morgan fingerprint density at radius 3 is 2.41 bits per heavy atom. The van der Waals surface area contributed by atoms with Crippen LogP contribution >= 0.6 is 0 Å². The summed E-state index contributed by atoms with van der Waals surface area (Å²) in [7, 11) is 4.89. The number of ketones is 1. The largest absolute Gasteiger partial charge is 0.497 e. The first-order chi connectivity index (χ1) is 15.5. The van der Waals surface area contributed by atoms with Gasteiger partial charge in [0.25, 0.3) is 0 Å². The average molecular weight is 433 g/mol. The number of nitrogens with one attached hydrogen (secondary N) is 3. The van der Waals surface area contributed by atoms with Gasteiger partial charge in [0.1, 0.15) is 34.3 Å². The highest BCUT2D eigenvalue weighted by Gasteiger charge is 2.58. The number of ether oxygens (including phenoxy) is 2. The molecule has 2 aromatic carbocycles. The molecule has 164 valence electrons. The van der Waals surface area contributed by atoms with Crippen molar-refractivity contribution in [2.24, 2.45) is 0 Å². The van der Waals surface area contributed by atoms with Gasteiger partial charge in [-0.05, 0) is 12.1 Å². The summed E-state index contributed by atoms with van der Waals surface area (Å²) < 4.78 is 10.9. The quantitative estimate of drug-likeness (QED) is 0.563. The van der Waals surface area contributed by atoms with E-state index in [4.69, 9.17) is 9.47 Å². The van der Waals surface area contributed by atoms with Crippen LogP contribution < -0.4 is 25.0 Å². The van der Waals surface area contributed by atoms with Gasteiger partial charge in [-0.3, -0.25) is 9.59 Å². The van der Waals surface area contributed by atoms with E-state index in [1.807, 2.05) is 41.3 Å². The van der Waals surface area contributed by atoms with E-state index in [0.717, 1.165) is 11.0 Å². The zero-order chi connectivity index (χ0) is 22.5. The first-order valence-corrected chi connectivity index (χ1v) is 10.2. The van der Waals surface area contributed by atoms with Crippen LogP contribution in [0, 0.1) is 0 Å². The van der Waals surface area contributed by atoms with E-state index < -0.39 is 5.54 Å². The predicted molar refractivity (Wildman–Crippen MR) is 119 cm³/mol. The molecule has 5 rings (SSSR count). The molecule has 2 aliphatic heterocycles. The van der Waals surface area contributed by atoms with E-state index in [9.17, 15) is 9.59 Å². The lowest BCUT2D eigenvalue weighted by Crippen LogP contribution is -2.52. The molecular formula is C23H23N5O4. The normalized spacial score (nSPS) is 20.4. The lowest BCUT2D eigenvalue weighted by Gasteiger charge is -2.36. The third-order valence-corrected chi connectivity index (χ3v) is 6.03. The van der Waals surface area contributed by atoms with Crippen molar-refractivity contribution in [1.82, 2.24) is 20.6 Å². The number of Topliss-reactive ketones (excluding diaryl/α,β-unsaturated/α-hetero) is 1. The topological polar surface area (TPSA) is 109 Å². The number of aromatic nitrogens is 2.